The summed E-state index contributed by atoms with van der Waals surface area (Å²) in [5.74, 6) is 1.88. The number of amides is 1. The van der Waals surface area contributed by atoms with E-state index in [0.29, 0.717) is 12.5 Å². The van der Waals surface area contributed by atoms with Crippen LogP contribution < -0.4 is 5.32 Å². The van der Waals surface area contributed by atoms with Crippen molar-refractivity contribution in [2.24, 2.45) is 5.92 Å². The second-order valence-electron chi connectivity index (χ2n) is 6.61. The molecule has 6 nitrogen and oxygen atoms in total. The molecule has 3 heterocycles. The Morgan fingerprint density at radius 1 is 1.29 bits per heavy atom. The highest BCUT2D eigenvalue weighted by atomic mass is 32.2. The second-order valence-corrected chi connectivity index (χ2v) is 8.54. The third kappa shape index (κ3) is 6.03. The Morgan fingerprint density at radius 3 is 2.82 bits per heavy atom. The third-order valence-corrected chi connectivity index (χ3v) is 5.70. The number of thiophene rings is 1. The molecule has 0 aliphatic carbocycles. The topological polar surface area (TPSA) is 72.7 Å². The molecule has 0 atom stereocenters. The van der Waals surface area contributed by atoms with Crippen LogP contribution in [0.3, 0.4) is 0 Å². The number of thioether (sulfide) groups is 1. The maximum Gasteiger partial charge on any atom is 0.244 e. The molecule has 0 unspecified atom stereocenters. The summed E-state index contributed by atoms with van der Waals surface area (Å²) in [4.78, 5) is 17.2. The lowest BCUT2D eigenvalue weighted by Crippen LogP contribution is -2.23. The first-order chi connectivity index (χ1) is 13.6. The molecule has 0 radical (unpaired) electrons. The average Bonchev–Trinajstić information content (AvgIpc) is 3.34. The fraction of sp³-hybridized carbons (Fsp3) is 0.300. The van der Waals surface area contributed by atoms with Gasteiger partial charge in [-0.1, -0.05) is 31.7 Å². The number of nitrogens with zero attached hydrogens (tertiary/aromatic N) is 4. The molecule has 146 valence electrons. The van der Waals surface area contributed by atoms with Crippen LogP contribution in [-0.2, 0) is 23.6 Å². The van der Waals surface area contributed by atoms with Crippen molar-refractivity contribution in [2.45, 2.75) is 37.8 Å². The molecule has 1 N–H and O–H groups in total. The van der Waals surface area contributed by atoms with Gasteiger partial charge in [0.1, 0.15) is 0 Å². The Kier molecular flexibility index (Phi) is 7.39. The van der Waals surface area contributed by atoms with Crippen LogP contribution in [-0.4, -0.2) is 25.7 Å². The van der Waals surface area contributed by atoms with Crippen LogP contribution >= 0.6 is 23.1 Å². The summed E-state index contributed by atoms with van der Waals surface area (Å²) in [5, 5.41) is 14.4. The monoisotopic (exact) mass is 413 g/mol. The van der Waals surface area contributed by atoms with Gasteiger partial charge in [0.05, 0.1) is 6.54 Å². The van der Waals surface area contributed by atoms with E-state index >= 15 is 0 Å². The SMILES string of the molecule is CC(C)Cn1c(CNC(=O)/C=C/c2cccs2)nnc1SCc1ccncc1. The molecular formula is C20H23N5OS2. The zero-order valence-corrected chi connectivity index (χ0v) is 17.5. The van der Waals surface area contributed by atoms with E-state index < -0.39 is 0 Å². The summed E-state index contributed by atoms with van der Waals surface area (Å²) in [7, 11) is 0. The molecule has 0 aliphatic rings. The van der Waals surface area contributed by atoms with Crippen molar-refractivity contribution in [1.82, 2.24) is 25.1 Å². The highest BCUT2D eigenvalue weighted by molar-refractivity contribution is 7.98. The maximum absolute atomic E-state index is 12.1. The molecule has 0 spiro atoms. The van der Waals surface area contributed by atoms with E-state index in [1.807, 2.05) is 35.7 Å². The Bertz CT molecular complexity index is 904. The molecule has 28 heavy (non-hydrogen) atoms. The van der Waals surface area contributed by atoms with Gasteiger partial charge >= 0.3 is 0 Å². The Balaban J connectivity index is 1.63. The van der Waals surface area contributed by atoms with Crippen LogP contribution in [0.2, 0.25) is 0 Å². The molecule has 0 fully saturated rings. The third-order valence-electron chi connectivity index (χ3n) is 3.82. The quantitative estimate of drug-likeness (QED) is 0.424. The molecule has 1 amide bonds. The molecule has 0 aliphatic heterocycles. The predicted octanol–water partition coefficient (Wildman–Crippen LogP) is 4.01. The van der Waals surface area contributed by atoms with E-state index in [2.05, 4.69) is 38.9 Å². The lowest BCUT2D eigenvalue weighted by atomic mass is 10.2. The van der Waals surface area contributed by atoms with Crippen LogP contribution in [0, 0.1) is 5.92 Å². The molecule has 0 saturated carbocycles. The van der Waals surface area contributed by atoms with Crippen molar-refractivity contribution >= 4 is 35.1 Å². The van der Waals surface area contributed by atoms with Gasteiger partial charge in [-0.05, 0) is 41.1 Å². The average molecular weight is 414 g/mol. The fourth-order valence-electron chi connectivity index (χ4n) is 2.50. The molecule has 8 heteroatoms. The molecule has 3 aromatic rings. The first-order valence-corrected chi connectivity index (χ1v) is 10.9. The predicted molar refractivity (Wildman–Crippen MR) is 114 cm³/mol. The lowest BCUT2D eigenvalue weighted by Gasteiger charge is -2.12. The minimum atomic E-state index is -0.140. The minimum absolute atomic E-state index is 0.140. The van der Waals surface area contributed by atoms with Crippen molar-refractivity contribution in [2.75, 3.05) is 0 Å². The Labute approximate surface area is 173 Å². The number of hydrogen-bond acceptors (Lipinski definition) is 6. The number of rotatable bonds is 9. The van der Waals surface area contributed by atoms with Crippen LogP contribution in [0.1, 0.15) is 30.1 Å². The first-order valence-electron chi connectivity index (χ1n) is 9.05. The van der Waals surface area contributed by atoms with Crippen LogP contribution in [0.25, 0.3) is 6.08 Å². The summed E-state index contributed by atoms with van der Waals surface area (Å²) < 4.78 is 2.10. The number of carbonyl (C=O) groups excluding carboxylic acids is 1. The van der Waals surface area contributed by atoms with Gasteiger partial charge in [0.15, 0.2) is 11.0 Å². The van der Waals surface area contributed by atoms with E-state index in [0.717, 1.165) is 28.2 Å². The van der Waals surface area contributed by atoms with E-state index in [-0.39, 0.29) is 5.91 Å². The zero-order valence-electron chi connectivity index (χ0n) is 15.9. The summed E-state index contributed by atoms with van der Waals surface area (Å²) in [5.41, 5.74) is 1.19. The molecule has 0 saturated heterocycles. The standard InChI is InChI=1S/C20H23N5OS2/c1-15(2)13-25-18(12-22-19(26)6-5-17-4-3-11-27-17)23-24-20(25)28-14-16-7-9-21-10-8-16/h3-11,15H,12-14H2,1-2H3,(H,22,26)/b6-5+. The van der Waals surface area contributed by atoms with E-state index in [4.69, 9.17) is 0 Å². The maximum atomic E-state index is 12.1. The Morgan fingerprint density at radius 2 is 2.11 bits per heavy atom. The molecular weight excluding hydrogens is 390 g/mol. The fourth-order valence-corrected chi connectivity index (χ4v) is 4.04. The Hall–Kier alpha value is -2.45. The number of hydrogen-bond donors (Lipinski definition) is 1. The number of pyridine rings is 1. The van der Waals surface area contributed by atoms with Crippen LogP contribution in [0.5, 0.6) is 0 Å². The highest BCUT2D eigenvalue weighted by Gasteiger charge is 2.14. The normalized spacial score (nSPS) is 11.4. The number of aromatic nitrogens is 4. The van der Waals surface area contributed by atoms with Crippen molar-refractivity contribution in [3.8, 4) is 0 Å². The van der Waals surface area contributed by atoms with E-state index in [9.17, 15) is 4.79 Å². The summed E-state index contributed by atoms with van der Waals surface area (Å²) >= 11 is 3.24. The van der Waals surface area contributed by atoms with Gasteiger partial charge in [-0.25, -0.2) is 0 Å². The van der Waals surface area contributed by atoms with Crippen LogP contribution in [0.4, 0.5) is 0 Å². The zero-order chi connectivity index (χ0) is 19.8. The summed E-state index contributed by atoms with van der Waals surface area (Å²) in [6.45, 7) is 5.47. The summed E-state index contributed by atoms with van der Waals surface area (Å²) in [6.07, 6.45) is 6.95. The molecule has 0 bridgehead atoms. The number of carbonyl (C=O) groups is 1. The van der Waals surface area contributed by atoms with Gasteiger partial charge in [0, 0.05) is 35.6 Å². The first kappa shape index (κ1) is 20.3. The highest BCUT2D eigenvalue weighted by Crippen LogP contribution is 2.22. The molecule has 0 aromatic carbocycles. The van der Waals surface area contributed by atoms with Gasteiger partial charge in [0.25, 0.3) is 0 Å². The van der Waals surface area contributed by atoms with E-state index in [1.165, 1.54) is 5.56 Å². The van der Waals surface area contributed by atoms with Crippen LogP contribution in [0.15, 0.2) is 53.3 Å². The van der Waals surface area contributed by atoms with Crippen molar-refractivity contribution in [3.05, 3.63) is 64.4 Å². The van der Waals surface area contributed by atoms with Gasteiger partial charge in [-0.3, -0.25) is 9.78 Å². The second kappa shape index (κ2) is 10.2. The van der Waals surface area contributed by atoms with Crippen molar-refractivity contribution in [3.63, 3.8) is 0 Å². The van der Waals surface area contributed by atoms with Crippen molar-refractivity contribution in [1.29, 1.82) is 0 Å². The van der Waals surface area contributed by atoms with E-state index in [1.54, 1.807) is 41.6 Å². The number of nitrogens with one attached hydrogen (secondary N) is 1. The summed E-state index contributed by atoms with van der Waals surface area (Å²) in [6, 6.07) is 7.93. The van der Waals surface area contributed by atoms with Gasteiger partial charge in [-0.15, -0.1) is 21.5 Å². The van der Waals surface area contributed by atoms with Gasteiger partial charge in [0.2, 0.25) is 5.91 Å². The molecule has 3 aromatic heterocycles. The lowest BCUT2D eigenvalue weighted by molar-refractivity contribution is -0.116. The van der Waals surface area contributed by atoms with Crippen molar-refractivity contribution < 1.29 is 4.79 Å². The van der Waals surface area contributed by atoms with Gasteiger partial charge < -0.3 is 9.88 Å². The smallest absolute Gasteiger partial charge is 0.244 e. The minimum Gasteiger partial charge on any atom is -0.345 e. The largest absolute Gasteiger partial charge is 0.345 e. The van der Waals surface area contributed by atoms with Gasteiger partial charge in [-0.2, -0.15) is 0 Å². The molecule has 3 rings (SSSR count).